The number of pyridine rings is 1. The Bertz CT molecular complexity index is 900. The fourth-order valence-electron chi connectivity index (χ4n) is 2.14. The van der Waals surface area contributed by atoms with Crippen LogP contribution in [0, 0.1) is 18.3 Å². The van der Waals surface area contributed by atoms with E-state index in [4.69, 9.17) is 5.26 Å². The highest BCUT2D eigenvalue weighted by atomic mass is 32.2. The zero-order valence-corrected chi connectivity index (χ0v) is 14.5. The topological polar surface area (TPSA) is 87.8 Å². The van der Waals surface area contributed by atoms with Crippen LogP contribution in [0.25, 0.3) is 0 Å². The fourth-order valence-corrected chi connectivity index (χ4v) is 2.99. The maximum atomic E-state index is 13.0. The monoisotopic (exact) mass is 382 g/mol. The maximum absolute atomic E-state index is 13.0. The van der Waals surface area contributed by atoms with Gasteiger partial charge in [-0.2, -0.15) is 18.4 Å². The van der Waals surface area contributed by atoms with Crippen LogP contribution in [0.1, 0.15) is 27.3 Å². The van der Waals surface area contributed by atoms with Crippen LogP contribution in [0.15, 0.2) is 29.4 Å². The molecule has 0 bridgehead atoms. The molecule has 0 unspecified atom stereocenters. The molecule has 0 aromatic carbocycles. The van der Waals surface area contributed by atoms with Gasteiger partial charge in [-0.1, -0.05) is 11.8 Å². The van der Waals surface area contributed by atoms with Crippen molar-refractivity contribution in [2.24, 2.45) is 7.05 Å². The van der Waals surface area contributed by atoms with Gasteiger partial charge in [-0.05, 0) is 25.1 Å². The van der Waals surface area contributed by atoms with Crippen molar-refractivity contribution in [3.8, 4) is 6.07 Å². The third-order valence-electron chi connectivity index (χ3n) is 3.30. The minimum Gasteiger partial charge on any atom is -0.347 e. The number of hydrogen-bond donors (Lipinski definition) is 1. The van der Waals surface area contributed by atoms with Crippen LogP contribution in [0.2, 0.25) is 0 Å². The number of rotatable bonds is 4. The highest BCUT2D eigenvalue weighted by molar-refractivity contribution is 8.00. The van der Waals surface area contributed by atoms with Crippen molar-refractivity contribution >= 4 is 23.6 Å². The van der Waals surface area contributed by atoms with E-state index in [0.717, 1.165) is 6.07 Å². The van der Waals surface area contributed by atoms with E-state index in [0.29, 0.717) is 11.8 Å². The largest absolute Gasteiger partial charge is 0.417 e. The summed E-state index contributed by atoms with van der Waals surface area (Å²) in [6.07, 6.45) is -3.08. The molecule has 0 atom stereocenters. The summed E-state index contributed by atoms with van der Waals surface area (Å²) in [7, 11) is 1.63. The Labute approximate surface area is 151 Å². The molecular weight excluding hydrogens is 369 g/mol. The van der Waals surface area contributed by atoms with Gasteiger partial charge in [0, 0.05) is 18.9 Å². The second kappa shape index (κ2) is 7.61. The predicted molar refractivity (Wildman–Crippen MR) is 87.3 cm³/mol. The van der Waals surface area contributed by atoms with Gasteiger partial charge in [0.05, 0.1) is 16.9 Å². The third kappa shape index (κ3) is 4.43. The first-order valence-electron chi connectivity index (χ1n) is 7.20. The predicted octanol–water partition coefficient (Wildman–Crippen LogP) is 2.67. The average Bonchev–Trinajstić information content (AvgIpc) is 2.97. The van der Waals surface area contributed by atoms with E-state index in [1.165, 1.54) is 23.6 Å². The molecule has 1 N–H and O–H groups in total. The highest BCUT2D eigenvalue weighted by Gasteiger charge is 2.35. The lowest BCUT2D eigenvalue weighted by Gasteiger charge is -2.12. The van der Waals surface area contributed by atoms with Gasteiger partial charge in [0.25, 0.3) is 5.91 Å². The van der Waals surface area contributed by atoms with Gasteiger partial charge in [0.2, 0.25) is 5.91 Å². The number of nitrogens with zero attached hydrogens (tertiary/aromatic N) is 3. The van der Waals surface area contributed by atoms with Gasteiger partial charge in [-0.25, -0.2) is 4.98 Å². The number of carbonyl (C=O) groups excluding carboxylic acids is 2. The number of carbonyl (C=O) groups is 2. The first kappa shape index (κ1) is 19.5. The van der Waals surface area contributed by atoms with Gasteiger partial charge < -0.3 is 4.57 Å². The fraction of sp³-hybridized carbons (Fsp3) is 0.250. The number of nitriles is 1. The van der Waals surface area contributed by atoms with Crippen molar-refractivity contribution in [3.05, 3.63) is 46.9 Å². The summed E-state index contributed by atoms with van der Waals surface area (Å²) in [5.41, 5.74) is -1.42. The van der Waals surface area contributed by atoms with E-state index in [1.807, 2.05) is 0 Å². The molecule has 0 fully saturated rings. The molecule has 0 saturated heterocycles. The van der Waals surface area contributed by atoms with Crippen molar-refractivity contribution in [3.63, 3.8) is 0 Å². The Balaban J connectivity index is 2.13. The number of hydrogen-bond acceptors (Lipinski definition) is 5. The minimum absolute atomic E-state index is 0.0686. The number of amides is 2. The number of nitrogens with one attached hydrogen (secondary N) is 1. The molecule has 2 rings (SSSR count). The summed E-state index contributed by atoms with van der Waals surface area (Å²) in [6, 6.07) is 5.41. The molecule has 2 aromatic heterocycles. The molecule has 10 heteroatoms. The van der Waals surface area contributed by atoms with Crippen LogP contribution < -0.4 is 5.32 Å². The molecular formula is C16H13F3N4O2S. The lowest BCUT2D eigenvalue weighted by molar-refractivity contribution is -0.138. The SMILES string of the molecule is Cc1cc(C(F)(F)F)c(C#N)c(SCC(=O)NC(=O)c2cccn2C)n1. The van der Waals surface area contributed by atoms with E-state index in [-0.39, 0.29) is 22.2 Å². The quantitative estimate of drug-likeness (QED) is 0.822. The molecule has 0 saturated carbocycles. The zero-order chi connectivity index (χ0) is 19.5. The molecule has 2 aromatic rings. The van der Waals surface area contributed by atoms with Gasteiger partial charge >= 0.3 is 6.18 Å². The standard InChI is InChI=1S/C16H13F3N4O2S/c1-9-6-11(16(17,18)19)10(7-20)15(21-9)26-8-13(24)22-14(25)12-4-3-5-23(12)2/h3-6H,8H2,1-2H3,(H,22,24,25). The van der Waals surface area contributed by atoms with Crippen molar-refractivity contribution in [1.82, 2.24) is 14.9 Å². The Hall–Kier alpha value is -2.80. The zero-order valence-electron chi connectivity index (χ0n) is 13.7. The van der Waals surface area contributed by atoms with Crippen molar-refractivity contribution in [2.45, 2.75) is 18.1 Å². The number of aromatic nitrogens is 2. The van der Waals surface area contributed by atoms with Crippen LogP contribution in [-0.4, -0.2) is 27.1 Å². The summed E-state index contributed by atoms with van der Waals surface area (Å²) in [5, 5.41) is 11.0. The second-order valence-electron chi connectivity index (χ2n) is 5.27. The summed E-state index contributed by atoms with van der Waals surface area (Å²) in [6.45, 7) is 1.36. The molecule has 0 spiro atoms. The number of halogens is 3. The maximum Gasteiger partial charge on any atom is 0.417 e. The number of aryl methyl sites for hydroxylation is 2. The Morgan fingerprint density at radius 1 is 1.42 bits per heavy atom. The van der Waals surface area contributed by atoms with Gasteiger partial charge in [0.1, 0.15) is 16.8 Å². The minimum atomic E-state index is -4.71. The smallest absolute Gasteiger partial charge is 0.347 e. The summed E-state index contributed by atoms with van der Waals surface area (Å²) in [4.78, 5) is 27.7. The lowest BCUT2D eigenvalue weighted by Crippen LogP contribution is -2.33. The molecule has 6 nitrogen and oxygen atoms in total. The van der Waals surface area contributed by atoms with Gasteiger partial charge in [-0.3, -0.25) is 14.9 Å². The third-order valence-corrected chi connectivity index (χ3v) is 4.28. The highest BCUT2D eigenvalue weighted by Crippen LogP contribution is 2.35. The molecule has 0 aliphatic rings. The molecule has 0 radical (unpaired) electrons. The van der Waals surface area contributed by atoms with E-state index < -0.39 is 29.1 Å². The molecule has 136 valence electrons. The summed E-state index contributed by atoms with van der Waals surface area (Å²) >= 11 is 0.663. The van der Waals surface area contributed by atoms with E-state index >= 15 is 0 Å². The first-order chi connectivity index (χ1) is 12.1. The Kier molecular flexibility index (Phi) is 5.72. The van der Waals surface area contributed by atoms with Crippen molar-refractivity contribution in [2.75, 3.05) is 5.75 Å². The van der Waals surface area contributed by atoms with Crippen LogP contribution >= 0.6 is 11.8 Å². The molecule has 26 heavy (non-hydrogen) atoms. The number of thioether (sulfide) groups is 1. The van der Waals surface area contributed by atoms with E-state index in [9.17, 15) is 22.8 Å². The second-order valence-corrected chi connectivity index (χ2v) is 6.24. The Morgan fingerprint density at radius 2 is 2.12 bits per heavy atom. The van der Waals surface area contributed by atoms with Crippen LogP contribution in [0.5, 0.6) is 0 Å². The Morgan fingerprint density at radius 3 is 2.65 bits per heavy atom. The summed E-state index contributed by atoms with van der Waals surface area (Å²) in [5.74, 6) is -1.70. The lowest BCUT2D eigenvalue weighted by atomic mass is 10.1. The van der Waals surface area contributed by atoms with Gasteiger partial charge in [0.15, 0.2) is 0 Å². The number of imide groups is 1. The van der Waals surface area contributed by atoms with Crippen LogP contribution in [0.4, 0.5) is 13.2 Å². The molecule has 2 heterocycles. The number of alkyl halides is 3. The van der Waals surface area contributed by atoms with E-state index in [1.54, 1.807) is 19.3 Å². The first-order valence-corrected chi connectivity index (χ1v) is 8.19. The molecule has 2 amide bonds. The van der Waals surface area contributed by atoms with Crippen molar-refractivity contribution in [1.29, 1.82) is 5.26 Å². The molecule has 0 aliphatic carbocycles. The average molecular weight is 382 g/mol. The van der Waals surface area contributed by atoms with Crippen LogP contribution in [-0.2, 0) is 18.0 Å². The van der Waals surface area contributed by atoms with Crippen LogP contribution in [0.3, 0.4) is 0 Å². The normalized spacial score (nSPS) is 11.1. The van der Waals surface area contributed by atoms with Gasteiger partial charge in [-0.15, -0.1) is 0 Å². The van der Waals surface area contributed by atoms with E-state index in [2.05, 4.69) is 10.3 Å². The summed E-state index contributed by atoms with van der Waals surface area (Å²) < 4.78 is 40.7. The molecule has 0 aliphatic heterocycles. The van der Waals surface area contributed by atoms with Crippen molar-refractivity contribution < 1.29 is 22.8 Å².